The lowest BCUT2D eigenvalue weighted by Gasteiger charge is -2.18. The summed E-state index contributed by atoms with van der Waals surface area (Å²) < 4.78 is 57.3. The summed E-state index contributed by atoms with van der Waals surface area (Å²) in [5.74, 6) is -1.73. The minimum atomic E-state index is -1.01. The molecule has 166 valence electrons. The molecular formula is C22H23F3N2O3S. The minimum Gasteiger partial charge on any atom is -0.496 e. The van der Waals surface area contributed by atoms with Crippen molar-refractivity contribution in [3.05, 3.63) is 68.9 Å². The molecule has 3 aromatic rings. The molecule has 0 amide bonds. The Morgan fingerprint density at radius 1 is 1.00 bits per heavy atom. The van der Waals surface area contributed by atoms with Gasteiger partial charge in [-0.1, -0.05) is 0 Å². The quantitative estimate of drug-likeness (QED) is 0.477. The SMILES string of the molecule is COc1cc(OCc2c(F)cc(F)cc2F)cc(OC)c1CNC(C)c1ncc(C)s1. The second-order valence-electron chi connectivity index (χ2n) is 6.85. The second-order valence-corrected chi connectivity index (χ2v) is 8.12. The molecule has 3 rings (SSSR count). The maximum Gasteiger partial charge on any atom is 0.135 e. The van der Waals surface area contributed by atoms with E-state index in [0.717, 1.165) is 15.4 Å². The van der Waals surface area contributed by atoms with Crippen LogP contribution in [0, 0.1) is 24.4 Å². The highest BCUT2D eigenvalue weighted by molar-refractivity contribution is 7.11. The van der Waals surface area contributed by atoms with Crippen LogP contribution < -0.4 is 19.5 Å². The lowest BCUT2D eigenvalue weighted by Crippen LogP contribution is -2.19. The molecule has 2 aromatic carbocycles. The molecule has 1 N–H and O–H groups in total. The van der Waals surface area contributed by atoms with Gasteiger partial charge in [0, 0.05) is 41.9 Å². The smallest absolute Gasteiger partial charge is 0.135 e. The number of methoxy groups -OCH3 is 2. The third-order valence-corrected chi connectivity index (χ3v) is 5.76. The zero-order valence-corrected chi connectivity index (χ0v) is 18.4. The van der Waals surface area contributed by atoms with Crippen molar-refractivity contribution in [3.8, 4) is 17.2 Å². The van der Waals surface area contributed by atoms with Gasteiger partial charge in [-0.25, -0.2) is 18.2 Å². The van der Waals surface area contributed by atoms with Crippen LogP contribution in [0.3, 0.4) is 0 Å². The van der Waals surface area contributed by atoms with Crippen molar-refractivity contribution in [2.75, 3.05) is 14.2 Å². The first-order valence-electron chi connectivity index (χ1n) is 9.49. The van der Waals surface area contributed by atoms with Crippen LogP contribution in [0.2, 0.25) is 0 Å². The fourth-order valence-corrected chi connectivity index (χ4v) is 3.80. The number of aromatic nitrogens is 1. The van der Waals surface area contributed by atoms with E-state index in [1.54, 1.807) is 23.5 Å². The predicted molar refractivity (Wildman–Crippen MR) is 112 cm³/mol. The number of thiazole rings is 1. The number of hydrogen-bond acceptors (Lipinski definition) is 6. The molecule has 9 heteroatoms. The van der Waals surface area contributed by atoms with E-state index in [9.17, 15) is 13.2 Å². The Kier molecular flexibility index (Phi) is 7.40. The molecule has 1 atom stereocenters. The highest BCUT2D eigenvalue weighted by Crippen LogP contribution is 2.35. The van der Waals surface area contributed by atoms with E-state index < -0.39 is 24.1 Å². The van der Waals surface area contributed by atoms with Crippen molar-refractivity contribution in [3.63, 3.8) is 0 Å². The third-order valence-electron chi connectivity index (χ3n) is 4.66. The number of halogens is 3. The number of benzene rings is 2. The van der Waals surface area contributed by atoms with E-state index in [2.05, 4.69) is 10.3 Å². The van der Waals surface area contributed by atoms with Crippen LogP contribution in [0.15, 0.2) is 30.5 Å². The van der Waals surface area contributed by atoms with Gasteiger partial charge >= 0.3 is 0 Å². The summed E-state index contributed by atoms with van der Waals surface area (Å²) in [6.45, 7) is 4.04. The Hall–Kier alpha value is -2.78. The average molecular weight is 452 g/mol. The number of hydrogen-bond donors (Lipinski definition) is 1. The monoisotopic (exact) mass is 452 g/mol. The fraction of sp³-hybridized carbons (Fsp3) is 0.318. The molecule has 1 unspecified atom stereocenters. The molecule has 0 saturated heterocycles. The van der Waals surface area contributed by atoms with Gasteiger partial charge in [-0.15, -0.1) is 11.3 Å². The molecule has 0 bridgehead atoms. The molecule has 31 heavy (non-hydrogen) atoms. The van der Waals surface area contributed by atoms with E-state index in [4.69, 9.17) is 14.2 Å². The Morgan fingerprint density at radius 3 is 2.13 bits per heavy atom. The van der Waals surface area contributed by atoms with Gasteiger partial charge in [0.05, 0.1) is 31.4 Å². The van der Waals surface area contributed by atoms with Crippen LogP contribution in [0.5, 0.6) is 17.2 Å². The molecule has 5 nitrogen and oxygen atoms in total. The van der Waals surface area contributed by atoms with E-state index in [-0.39, 0.29) is 11.6 Å². The van der Waals surface area contributed by atoms with Gasteiger partial charge in [0.2, 0.25) is 0 Å². The molecule has 0 aliphatic rings. The largest absolute Gasteiger partial charge is 0.496 e. The van der Waals surface area contributed by atoms with Gasteiger partial charge in [0.15, 0.2) is 0 Å². The molecule has 1 aromatic heterocycles. The molecular weight excluding hydrogens is 429 g/mol. The number of nitrogens with zero attached hydrogens (tertiary/aromatic N) is 1. The molecule has 0 aliphatic heterocycles. The van der Waals surface area contributed by atoms with E-state index in [1.807, 2.05) is 20.0 Å². The second kappa shape index (κ2) is 10.0. The third kappa shape index (κ3) is 5.48. The van der Waals surface area contributed by atoms with Gasteiger partial charge in [0.1, 0.15) is 46.3 Å². The summed E-state index contributed by atoms with van der Waals surface area (Å²) in [7, 11) is 3.02. The van der Waals surface area contributed by atoms with Gasteiger partial charge in [-0.2, -0.15) is 0 Å². The number of ether oxygens (including phenoxy) is 3. The van der Waals surface area contributed by atoms with Crippen molar-refractivity contribution in [2.45, 2.75) is 33.0 Å². The van der Waals surface area contributed by atoms with Crippen molar-refractivity contribution in [1.29, 1.82) is 0 Å². The van der Waals surface area contributed by atoms with Gasteiger partial charge in [-0.3, -0.25) is 0 Å². The first-order chi connectivity index (χ1) is 14.8. The van der Waals surface area contributed by atoms with E-state index >= 15 is 0 Å². The normalized spacial score (nSPS) is 12.0. The molecule has 0 radical (unpaired) electrons. The van der Waals surface area contributed by atoms with Crippen LogP contribution in [0.1, 0.15) is 34.0 Å². The first-order valence-corrected chi connectivity index (χ1v) is 10.3. The summed E-state index contributed by atoms with van der Waals surface area (Å²) in [4.78, 5) is 5.52. The molecule has 0 fully saturated rings. The van der Waals surface area contributed by atoms with Gasteiger partial charge in [0.25, 0.3) is 0 Å². The maximum absolute atomic E-state index is 13.9. The molecule has 1 heterocycles. The maximum atomic E-state index is 13.9. The summed E-state index contributed by atoms with van der Waals surface area (Å²) in [5.41, 5.74) is 0.397. The number of rotatable bonds is 9. The summed E-state index contributed by atoms with van der Waals surface area (Å²) in [6, 6.07) is 4.47. The standard InChI is InChI=1S/C22H23F3N2O3S/c1-12-9-27-22(31-12)13(2)26-10-16-20(28-3)7-15(8-21(16)29-4)30-11-17-18(24)5-14(23)6-19(17)25/h5-9,13,26H,10-11H2,1-4H3. The highest BCUT2D eigenvalue weighted by atomic mass is 32.1. The fourth-order valence-electron chi connectivity index (χ4n) is 3.00. The topological polar surface area (TPSA) is 52.6 Å². The summed E-state index contributed by atoms with van der Waals surface area (Å²) >= 11 is 1.62. The Morgan fingerprint density at radius 2 is 1.61 bits per heavy atom. The van der Waals surface area contributed by atoms with Crippen LogP contribution in [0.4, 0.5) is 13.2 Å². The Balaban J connectivity index is 1.77. The zero-order chi connectivity index (χ0) is 22.5. The summed E-state index contributed by atoms with van der Waals surface area (Å²) in [5, 5.41) is 4.36. The lowest BCUT2D eigenvalue weighted by atomic mass is 10.1. The molecule has 0 spiro atoms. The van der Waals surface area contributed by atoms with Crippen LogP contribution in [-0.2, 0) is 13.2 Å². The van der Waals surface area contributed by atoms with Gasteiger partial charge < -0.3 is 19.5 Å². The number of nitrogens with one attached hydrogen (secondary N) is 1. The van der Waals surface area contributed by atoms with E-state index in [0.29, 0.717) is 35.9 Å². The van der Waals surface area contributed by atoms with Crippen LogP contribution in [0.25, 0.3) is 0 Å². The average Bonchev–Trinajstić information content (AvgIpc) is 3.17. The van der Waals surface area contributed by atoms with Crippen molar-refractivity contribution in [2.24, 2.45) is 0 Å². The first kappa shape index (κ1) is 22.9. The van der Waals surface area contributed by atoms with Gasteiger partial charge in [-0.05, 0) is 13.8 Å². The van der Waals surface area contributed by atoms with Crippen molar-refractivity contribution < 1.29 is 27.4 Å². The highest BCUT2D eigenvalue weighted by Gasteiger charge is 2.17. The predicted octanol–water partition coefficient (Wildman–Crippen LogP) is 5.32. The lowest BCUT2D eigenvalue weighted by molar-refractivity contribution is 0.286. The summed E-state index contributed by atoms with van der Waals surface area (Å²) in [6.07, 6.45) is 1.83. The molecule has 0 aliphatic carbocycles. The van der Waals surface area contributed by atoms with Crippen LogP contribution in [-0.4, -0.2) is 19.2 Å². The van der Waals surface area contributed by atoms with Crippen molar-refractivity contribution in [1.82, 2.24) is 10.3 Å². The van der Waals surface area contributed by atoms with Crippen LogP contribution >= 0.6 is 11.3 Å². The Labute approximate surface area is 182 Å². The Bertz CT molecular complexity index is 1010. The number of aryl methyl sites for hydroxylation is 1. The molecule has 0 saturated carbocycles. The zero-order valence-electron chi connectivity index (χ0n) is 17.6. The van der Waals surface area contributed by atoms with E-state index in [1.165, 1.54) is 14.2 Å². The minimum absolute atomic E-state index is 0.0217. The van der Waals surface area contributed by atoms with Crippen molar-refractivity contribution >= 4 is 11.3 Å².